The molecule has 2 aromatic rings. The lowest BCUT2D eigenvalue weighted by Gasteiger charge is -2.31. The van der Waals surface area contributed by atoms with Crippen molar-refractivity contribution in [3.63, 3.8) is 0 Å². The summed E-state index contributed by atoms with van der Waals surface area (Å²) in [7, 11) is 0. The Morgan fingerprint density at radius 2 is 2.00 bits per heavy atom. The number of nitrogens with zero attached hydrogens (tertiary/aromatic N) is 1. The molecule has 0 fully saturated rings. The Balaban J connectivity index is 1.66. The van der Waals surface area contributed by atoms with Gasteiger partial charge >= 0.3 is 11.8 Å². The molecular formula is C22H27N3O4S. The lowest BCUT2D eigenvalue weighted by molar-refractivity contribution is -0.136. The number of hydrogen-bond acceptors (Lipinski definition) is 5. The van der Waals surface area contributed by atoms with Gasteiger partial charge in [0.05, 0.1) is 6.54 Å². The van der Waals surface area contributed by atoms with Crippen LogP contribution in [-0.2, 0) is 26.4 Å². The summed E-state index contributed by atoms with van der Waals surface area (Å²) in [6.07, 6.45) is 1.76. The fourth-order valence-corrected chi connectivity index (χ4v) is 4.17. The number of carbonyl (C=O) groups excluding carboxylic acids is 3. The zero-order chi connectivity index (χ0) is 21.9. The number of benzene rings is 1. The topological polar surface area (TPSA) is 98.7 Å². The van der Waals surface area contributed by atoms with E-state index in [-0.39, 0.29) is 18.4 Å². The molecule has 0 unspecified atom stereocenters. The van der Waals surface area contributed by atoms with Gasteiger partial charge in [-0.15, -0.1) is 11.3 Å². The highest BCUT2D eigenvalue weighted by molar-refractivity contribution is 7.10. The number of aryl methyl sites for hydroxylation is 1. The first-order valence-corrected chi connectivity index (χ1v) is 10.9. The quantitative estimate of drug-likeness (QED) is 0.637. The van der Waals surface area contributed by atoms with Crippen LogP contribution in [0.15, 0.2) is 35.7 Å². The Morgan fingerprint density at radius 1 is 1.23 bits per heavy atom. The van der Waals surface area contributed by atoms with E-state index in [9.17, 15) is 19.5 Å². The van der Waals surface area contributed by atoms with Gasteiger partial charge in [0, 0.05) is 28.7 Å². The monoisotopic (exact) mass is 429 g/mol. The fraction of sp³-hybridized carbons (Fsp3) is 0.409. The molecule has 0 bridgehead atoms. The Morgan fingerprint density at radius 3 is 2.67 bits per heavy atom. The van der Waals surface area contributed by atoms with Gasteiger partial charge in [0.2, 0.25) is 5.91 Å². The van der Waals surface area contributed by atoms with Gasteiger partial charge in [0.25, 0.3) is 0 Å². The number of aliphatic hydroxyl groups is 1. The van der Waals surface area contributed by atoms with E-state index < -0.39 is 17.4 Å². The Labute approximate surface area is 180 Å². The van der Waals surface area contributed by atoms with E-state index in [0.717, 1.165) is 24.1 Å². The lowest BCUT2D eigenvalue weighted by atomic mass is 9.99. The molecule has 0 radical (unpaired) electrons. The molecule has 7 nitrogen and oxygen atoms in total. The molecule has 0 spiro atoms. The van der Waals surface area contributed by atoms with E-state index in [1.165, 1.54) is 11.3 Å². The third-order valence-electron chi connectivity index (χ3n) is 5.07. The predicted octanol–water partition coefficient (Wildman–Crippen LogP) is 2.65. The van der Waals surface area contributed by atoms with Crippen molar-refractivity contribution < 1.29 is 19.5 Å². The van der Waals surface area contributed by atoms with Crippen LogP contribution in [0.25, 0.3) is 0 Å². The van der Waals surface area contributed by atoms with Crippen LogP contribution in [0.5, 0.6) is 0 Å². The SMILES string of the molecule is CC(C)C(=O)N1CCCc2ccc(NC(=O)C(=O)NC[C@@](C)(O)c3cccs3)cc21. The van der Waals surface area contributed by atoms with Crippen molar-refractivity contribution in [2.24, 2.45) is 5.92 Å². The fourth-order valence-electron chi connectivity index (χ4n) is 3.39. The van der Waals surface area contributed by atoms with Crippen molar-refractivity contribution in [1.29, 1.82) is 0 Å². The zero-order valence-electron chi connectivity index (χ0n) is 17.4. The van der Waals surface area contributed by atoms with E-state index in [1.54, 1.807) is 30.0 Å². The minimum atomic E-state index is -1.26. The van der Waals surface area contributed by atoms with Crippen molar-refractivity contribution in [3.05, 3.63) is 46.2 Å². The molecule has 3 amide bonds. The number of thiophene rings is 1. The van der Waals surface area contributed by atoms with Gasteiger partial charge in [0.1, 0.15) is 5.60 Å². The van der Waals surface area contributed by atoms with Crippen molar-refractivity contribution in [2.45, 2.75) is 39.2 Å². The molecule has 1 atom stereocenters. The van der Waals surface area contributed by atoms with Crippen LogP contribution in [0.4, 0.5) is 11.4 Å². The van der Waals surface area contributed by atoms with E-state index >= 15 is 0 Å². The maximum atomic E-state index is 12.5. The van der Waals surface area contributed by atoms with E-state index in [2.05, 4.69) is 10.6 Å². The number of amides is 3. The first-order chi connectivity index (χ1) is 14.2. The number of carbonyl (C=O) groups is 3. The molecule has 0 saturated carbocycles. The van der Waals surface area contributed by atoms with Crippen LogP contribution in [-0.4, -0.2) is 35.9 Å². The second-order valence-electron chi connectivity index (χ2n) is 7.98. The summed E-state index contributed by atoms with van der Waals surface area (Å²) in [5.41, 5.74) is 1.01. The minimum Gasteiger partial charge on any atom is -0.383 e. The molecule has 30 heavy (non-hydrogen) atoms. The maximum Gasteiger partial charge on any atom is 0.313 e. The van der Waals surface area contributed by atoms with Gasteiger partial charge in [-0.05, 0) is 48.9 Å². The van der Waals surface area contributed by atoms with Crippen LogP contribution < -0.4 is 15.5 Å². The largest absolute Gasteiger partial charge is 0.383 e. The summed E-state index contributed by atoms with van der Waals surface area (Å²) in [6, 6.07) is 8.93. The first-order valence-electron chi connectivity index (χ1n) is 9.99. The van der Waals surface area contributed by atoms with E-state index in [1.807, 2.05) is 31.4 Å². The number of hydrogen-bond donors (Lipinski definition) is 3. The second kappa shape index (κ2) is 8.97. The normalized spacial score (nSPS) is 15.3. The third kappa shape index (κ3) is 4.88. The predicted molar refractivity (Wildman–Crippen MR) is 117 cm³/mol. The Bertz CT molecular complexity index is 938. The summed E-state index contributed by atoms with van der Waals surface area (Å²) in [4.78, 5) is 39.5. The van der Waals surface area contributed by atoms with Crippen LogP contribution in [0.3, 0.4) is 0 Å². The minimum absolute atomic E-state index is 0.0352. The summed E-state index contributed by atoms with van der Waals surface area (Å²) >= 11 is 1.38. The number of nitrogens with one attached hydrogen (secondary N) is 2. The van der Waals surface area contributed by atoms with Gasteiger partial charge in [-0.25, -0.2) is 0 Å². The average molecular weight is 430 g/mol. The molecule has 160 valence electrons. The lowest BCUT2D eigenvalue weighted by Crippen LogP contribution is -2.43. The molecule has 1 aliphatic heterocycles. The van der Waals surface area contributed by atoms with E-state index in [0.29, 0.717) is 17.1 Å². The molecular weight excluding hydrogens is 402 g/mol. The van der Waals surface area contributed by atoms with Gasteiger partial charge in [0.15, 0.2) is 0 Å². The van der Waals surface area contributed by atoms with Crippen LogP contribution in [0, 0.1) is 5.92 Å². The summed E-state index contributed by atoms with van der Waals surface area (Å²) in [6.45, 7) is 5.86. The molecule has 3 rings (SSSR count). The van der Waals surface area contributed by atoms with Gasteiger partial charge < -0.3 is 20.6 Å². The third-order valence-corrected chi connectivity index (χ3v) is 6.20. The average Bonchev–Trinajstić information content (AvgIpc) is 3.27. The highest BCUT2D eigenvalue weighted by Gasteiger charge is 2.27. The molecule has 0 aliphatic carbocycles. The highest BCUT2D eigenvalue weighted by atomic mass is 32.1. The van der Waals surface area contributed by atoms with Gasteiger partial charge in [-0.2, -0.15) is 0 Å². The molecule has 2 heterocycles. The standard InChI is InChI=1S/C22H27N3O4S/c1-14(2)21(28)25-10-4-6-15-8-9-16(12-17(15)25)24-20(27)19(26)23-13-22(3,29)18-7-5-11-30-18/h5,7-9,11-12,14,29H,4,6,10,13H2,1-3H3,(H,23,26)(H,24,27)/t22-/m1/s1. The smallest absolute Gasteiger partial charge is 0.313 e. The zero-order valence-corrected chi connectivity index (χ0v) is 18.2. The summed E-state index contributed by atoms with van der Waals surface area (Å²) in [5.74, 6) is -1.75. The van der Waals surface area contributed by atoms with Crippen LogP contribution in [0.2, 0.25) is 0 Å². The van der Waals surface area contributed by atoms with Crippen molar-refractivity contribution in [3.8, 4) is 0 Å². The van der Waals surface area contributed by atoms with Crippen molar-refractivity contribution >= 4 is 40.4 Å². The van der Waals surface area contributed by atoms with Crippen LogP contribution >= 0.6 is 11.3 Å². The van der Waals surface area contributed by atoms with Gasteiger partial charge in [-0.3, -0.25) is 14.4 Å². The summed E-state index contributed by atoms with van der Waals surface area (Å²) < 4.78 is 0. The first kappa shape index (κ1) is 22.0. The molecule has 0 saturated heterocycles. The van der Waals surface area contributed by atoms with Gasteiger partial charge in [-0.1, -0.05) is 26.0 Å². The molecule has 1 aromatic heterocycles. The number of anilines is 2. The number of fused-ring (bicyclic) bond motifs is 1. The summed E-state index contributed by atoms with van der Waals surface area (Å²) in [5, 5.41) is 17.4. The van der Waals surface area contributed by atoms with Crippen molar-refractivity contribution in [2.75, 3.05) is 23.3 Å². The Kier molecular flexibility index (Phi) is 6.58. The molecule has 8 heteroatoms. The maximum absolute atomic E-state index is 12.5. The Hall–Kier alpha value is -2.71. The highest BCUT2D eigenvalue weighted by Crippen LogP contribution is 2.31. The number of rotatable bonds is 5. The molecule has 1 aliphatic rings. The van der Waals surface area contributed by atoms with Crippen molar-refractivity contribution in [1.82, 2.24) is 5.32 Å². The second-order valence-corrected chi connectivity index (χ2v) is 8.93. The molecule has 3 N–H and O–H groups in total. The van der Waals surface area contributed by atoms with E-state index in [4.69, 9.17) is 0 Å². The van der Waals surface area contributed by atoms with Crippen LogP contribution in [0.1, 0.15) is 37.6 Å². The molecule has 1 aromatic carbocycles.